The van der Waals surface area contributed by atoms with Gasteiger partial charge in [-0.25, -0.2) is 0 Å². The first-order valence-corrected chi connectivity index (χ1v) is 5.13. The van der Waals surface area contributed by atoms with Crippen molar-refractivity contribution >= 4 is 5.82 Å². The van der Waals surface area contributed by atoms with Gasteiger partial charge < -0.3 is 10.5 Å². The molecule has 4 heteroatoms. The Balaban J connectivity index is 1.95. The predicted octanol–water partition coefficient (Wildman–Crippen LogP) is 1.60. The first-order valence-electron chi connectivity index (χ1n) is 5.13. The Morgan fingerprint density at radius 3 is 2.64 bits per heavy atom. The van der Waals surface area contributed by atoms with Crippen LogP contribution in [0.25, 0.3) is 0 Å². The second kappa shape index (κ2) is 4.00. The molecule has 2 rings (SSSR count). The number of anilines is 1. The van der Waals surface area contributed by atoms with Crippen LogP contribution in [0.5, 0.6) is 0 Å². The molecule has 14 heavy (non-hydrogen) atoms. The molecule has 0 amide bonds. The van der Waals surface area contributed by atoms with Crippen molar-refractivity contribution in [2.75, 3.05) is 12.8 Å². The molecule has 1 aliphatic rings. The summed E-state index contributed by atoms with van der Waals surface area (Å²) in [6, 6.07) is 2.36. The Bertz CT molecular complexity index is 289. The van der Waals surface area contributed by atoms with Gasteiger partial charge in [0.05, 0.1) is 12.1 Å². The smallest absolute Gasteiger partial charge is 0.145 e. The zero-order valence-electron chi connectivity index (χ0n) is 8.52. The lowest BCUT2D eigenvalue weighted by Crippen LogP contribution is -2.23. The van der Waals surface area contributed by atoms with Gasteiger partial charge in [-0.15, -0.1) is 0 Å². The summed E-state index contributed by atoms with van der Waals surface area (Å²) in [7, 11) is 1.79. The Morgan fingerprint density at radius 1 is 1.43 bits per heavy atom. The van der Waals surface area contributed by atoms with Gasteiger partial charge in [0.2, 0.25) is 0 Å². The monoisotopic (exact) mass is 195 g/mol. The lowest BCUT2D eigenvalue weighted by Gasteiger charge is -2.27. The van der Waals surface area contributed by atoms with Crippen LogP contribution in [0.2, 0.25) is 0 Å². The Morgan fingerprint density at radius 2 is 2.14 bits per heavy atom. The van der Waals surface area contributed by atoms with Crippen molar-refractivity contribution in [3.8, 4) is 0 Å². The Kier molecular flexibility index (Phi) is 2.72. The first kappa shape index (κ1) is 9.52. The lowest BCUT2D eigenvalue weighted by atomic mass is 9.93. The van der Waals surface area contributed by atoms with E-state index < -0.39 is 0 Å². The molecule has 0 spiro atoms. The van der Waals surface area contributed by atoms with Crippen LogP contribution < -0.4 is 5.73 Å². The van der Waals surface area contributed by atoms with Crippen molar-refractivity contribution in [2.24, 2.45) is 0 Å². The van der Waals surface area contributed by atoms with Crippen LogP contribution in [-0.4, -0.2) is 23.0 Å². The molecule has 0 atom stereocenters. The van der Waals surface area contributed by atoms with Gasteiger partial charge in [0.15, 0.2) is 0 Å². The lowest BCUT2D eigenvalue weighted by molar-refractivity contribution is 0.0568. The molecule has 0 aliphatic heterocycles. The van der Waals surface area contributed by atoms with Gasteiger partial charge in [0.25, 0.3) is 0 Å². The van der Waals surface area contributed by atoms with Crippen LogP contribution >= 0.6 is 0 Å². The Hall–Kier alpha value is -1.03. The molecule has 1 aromatic rings. The highest BCUT2D eigenvalue weighted by Crippen LogP contribution is 2.29. The number of aromatic nitrogens is 2. The van der Waals surface area contributed by atoms with Crippen LogP contribution in [0.1, 0.15) is 31.7 Å². The van der Waals surface area contributed by atoms with E-state index in [0.29, 0.717) is 18.0 Å². The average molecular weight is 195 g/mol. The number of methoxy groups -OCH3 is 1. The van der Waals surface area contributed by atoms with Crippen molar-refractivity contribution in [2.45, 2.75) is 37.8 Å². The van der Waals surface area contributed by atoms with Crippen molar-refractivity contribution in [1.82, 2.24) is 9.78 Å². The number of nitrogens with zero attached hydrogens (tertiary/aromatic N) is 2. The molecular formula is C10H17N3O. The van der Waals surface area contributed by atoms with E-state index >= 15 is 0 Å². The fourth-order valence-electron chi connectivity index (χ4n) is 2.10. The zero-order chi connectivity index (χ0) is 9.97. The minimum absolute atomic E-state index is 0.444. The van der Waals surface area contributed by atoms with Gasteiger partial charge >= 0.3 is 0 Å². The van der Waals surface area contributed by atoms with Crippen LogP contribution in [0.15, 0.2) is 12.3 Å². The number of hydrogen-bond acceptors (Lipinski definition) is 3. The van der Waals surface area contributed by atoms with E-state index in [0.717, 1.165) is 25.7 Å². The minimum Gasteiger partial charge on any atom is -0.382 e. The molecule has 1 saturated carbocycles. The van der Waals surface area contributed by atoms with E-state index in [4.69, 9.17) is 10.5 Å². The predicted molar refractivity (Wildman–Crippen MR) is 54.9 cm³/mol. The summed E-state index contributed by atoms with van der Waals surface area (Å²) < 4.78 is 7.31. The molecule has 1 aromatic heterocycles. The third kappa shape index (κ3) is 1.90. The highest BCUT2D eigenvalue weighted by molar-refractivity contribution is 5.24. The number of nitrogens with two attached hydrogens (primary N) is 1. The van der Waals surface area contributed by atoms with E-state index in [1.165, 1.54) is 0 Å². The topological polar surface area (TPSA) is 53.1 Å². The molecule has 1 fully saturated rings. The number of ether oxygens (including phenoxy) is 1. The minimum atomic E-state index is 0.444. The SMILES string of the molecule is COC1CCC(n2ccc(N)n2)CC1. The van der Waals surface area contributed by atoms with Gasteiger partial charge in [-0.2, -0.15) is 5.10 Å². The van der Waals surface area contributed by atoms with Crippen molar-refractivity contribution in [3.63, 3.8) is 0 Å². The van der Waals surface area contributed by atoms with Crippen molar-refractivity contribution in [3.05, 3.63) is 12.3 Å². The van der Waals surface area contributed by atoms with E-state index in [1.807, 2.05) is 16.9 Å². The normalized spacial score (nSPS) is 27.8. The van der Waals surface area contributed by atoms with E-state index in [-0.39, 0.29) is 0 Å². The summed E-state index contributed by atoms with van der Waals surface area (Å²) in [6.07, 6.45) is 6.94. The van der Waals surface area contributed by atoms with Gasteiger partial charge in [-0.1, -0.05) is 0 Å². The van der Waals surface area contributed by atoms with E-state index in [2.05, 4.69) is 5.10 Å². The standard InChI is InChI=1S/C10H17N3O/c1-14-9-4-2-8(3-5-9)13-7-6-10(11)12-13/h6-9H,2-5H2,1H3,(H2,11,12). The number of hydrogen-bond donors (Lipinski definition) is 1. The molecule has 78 valence electrons. The average Bonchev–Trinajstić information content (AvgIpc) is 2.65. The summed E-state index contributed by atoms with van der Waals surface area (Å²) >= 11 is 0. The molecule has 1 aliphatic carbocycles. The van der Waals surface area contributed by atoms with Gasteiger partial charge in [-0.3, -0.25) is 4.68 Å². The molecule has 1 heterocycles. The molecule has 0 unspecified atom stereocenters. The van der Waals surface area contributed by atoms with Crippen LogP contribution in [0, 0.1) is 0 Å². The second-order valence-corrected chi connectivity index (χ2v) is 3.89. The fourth-order valence-corrected chi connectivity index (χ4v) is 2.10. The molecular weight excluding hydrogens is 178 g/mol. The zero-order valence-corrected chi connectivity index (χ0v) is 8.52. The summed E-state index contributed by atoms with van der Waals surface area (Å²) in [5.74, 6) is 0.610. The second-order valence-electron chi connectivity index (χ2n) is 3.89. The fraction of sp³-hybridized carbons (Fsp3) is 0.700. The molecule has 0 aromatic carbocycles. The highest BCUT2D eigenvalue weighted by atomic mass is 16.5. The van der Waals surface area contributed by atoms with Crippen LogP contribution in [0.4, 0.5) is 5.82 Å². The number of nitrogen functional groups attached to an aromatic ring is 1. The molecule has 4 nitrogen and oxygen atoms in total. The summed E-state index contributed by atoms with van der Waals surface area (Å²) in [6.45, 7) is 0. The molecule has 0 bridgehead atoms. The first-order chi connectivity index (χ1) is 6.79. The van der Waals surface area contributed by atoms with Gasteiger partial charge in [0, 0.05) is 13.3 Å². The maximum Gasteiger partial charge on any atom is 0.145 e. The van der Waals surface area contributed by atoms with E-state index in [1.54, 1.807) is 7.11 Å². The van der Waals surface area contributed by atoms with Crippen molar-refractivity contribution < 1.29 is 4.74 Å². The maximum absolute atomic E-state index is 5.58. The van der Waals surface area contributed by atoms with Crippen LogP contribution in [-0.2, 0) is 4.74 Å². The molecule has 0 radical (unpaired) electrons. The highest BCUT2D eigenvalue weighted by Gasteiger charge is 2.22. The van der Waals surface area contributed by atoms with E-state index in [9.17, 15) is 0 Å². The Labute approximate surface area is 84.0 Å². The summed E-state index contributed by atoms with van der Waals surface area (Å²) in [5.41, 5.74) is 5.58. The molecule has 0 saturated heterocycles. The largest absolute Gasteiger partial charge is 0.382 e. The summed E-state index contributed by atoms with van der Waals surface area (Å²) in [5, 5.41) is 4.24. The maximum atomic E-state index is 5.58. The quantitative estimate of drug-likeness (QED) is 0.779. The summed E-state index contributed by atoms with van der Waals surface area (Å²) in [4.78, 5) is 0. The van der Waals surface area contributed by atoms with Gasteiger partial charge in [-0.05, 0) is 31.7 Å². The van der Waals surface area contributed by atoms with Gasteiger partial charge in [0.1, 0.15) is 5.82 Å². The van der Waals surface area contributed by atoms with Crippen LogP contribution in [0.3, 0.4) is 0 Å². The molecule has 2 N–H and O–H groups in total. The third-order valence-corrected chi connectivity index (χ3v) is 2.98. The van der Waals surface area contributed by atoms with Crippen molar-refractivity contribution in [1.29, 1.82) is 0 Å². The third-order valence-electron chi connectivity index (χ3n) is 2.98. The number of rotatable bonds is 2.